The van der Waals surface area contributed by atoms with E-state index in [0.29, 0.717) is 0 Å². The molecule has 0 bridgehead atoms. The summed E-state index contributed by atoms with van der Waals surface area (Å²) in [5.74, 6) is 0. The molecule has 0 nitrogen and oxygen atoms in total. The third-order valence-electron chi connectivity index (χ3n) is 4.06. The van der Waals surface area contributed by atoms with E-state index in [1.54, 1.807) is 0 Å². The van der Waals surface area contributed by atoms with Crippen molar-refractivity contribution >= 4 is 21.6 Å². The molecule has 0 fully saturated rings. The molecule has 2 rings (SSSR count). The molecule has 2 unspecified atom stereocenters. The van der Waals surface area contributed by atoms with Crippen LogP contribution >= 0.6 is 21.6 Å². The van der Waals surface area contributed by atoms with E-state index in [2.05, 4.69) is 64.2 Å². The molecule has 0 aromatic rings. The van der Waals surface area contributed by atoms with Crippen LogP contribution in [0.2, 0.25) is 0 Å². The molecule has 0 N–H and O–H groups in total. The second kappa shape index (κ2) is 5.34. The first kappa shape index (κ1) is 14.1. The fourth-order valence-electron chi connectivity index (χ4n) is 2.07. The highest BCUT2D eigenvalue weighted by Gasteiger charge is 2.34. The summed E-state index contributed by atoms with van der Waals surface area (Å²) in [6.07, 6.45) is 15.7. The zero-order valence-corrected chi connectivity index (χ0v) is 13.3. The molecule has 2 atom stereocenters. The summed E-state index contributed by atoms with van der Waals surface area (Å²) < 4.78 is 0.508. The largest absolute Gasteiger partial charge is 0.0828 e. The van der Waals surface area contributed by atoms with Gasteiger partial charge in [0.2, 0.25) is 0 Å². The number of hydrogen-bond acceptors (Lipinski definition) is 2. The van der Waals surface area contributed by atoms with Crippen molar-refractivity contribution < 1.29 is 0 Å². The molecule has 0 aliphatic heterocycles. The van der Waals surface area contributed by atoms with Gasteiger partial charge in [-0.2, -0.15) is 0 Å². The van der Waals surface area contributed by atoms with E-state index in [1.165, 1.54) is 11.1 Å². The topological polar surface area (TPSA) is 0 Å². The highest BCUT2D eigenvalue weighted by molar-refractivity contribution is 8.77. The van der Waals surface area contributed by atoms with Gasteiger partial charge < -0.3 is 0 Å². The van der Waals surface area contributed by atoms with Crippen molar-refractivity contribution in [2.45, 2.75) is 50.0 Å². The third-order valence-corrected chi connectivity index (χ3v) is 8.31. The zero-order chi connectivity index (χ0) is 13.2. The van der Waals surface area contributed by atoms with Crippen molar-refractivity contribution in [1.29, 1.82) is 0 Å². The minimum absolute atomic E-state index is 0.254. The maximum atomic E-state index is 2.36. The van der Waals surface area contributed by atoms with E-state index in [-0.39, 0.29) is 9.49 Å². The van der Waals surface area contributed by atoms with Crippen LogP contribution in [0.25, 0.3) is 0 Å². The summed E-state index contributed by atoms with van der Waals surface area (Å²) in [5, 5.41) is 0. The molecule has 2 aliphatic carbocycles. The van der Waals surface area contributed by atoms with Crippen LogP contribution in [0.15, 0.2) is 47.6 Å². The third kappa shape index (κ3) is 2.80. The maximum absolute atomic E-state index is 2.36. The Morgan fingerprint density at radius 2 is 1.22 bits per heavy atom. The predicted molar refractivity (Wildman–Crippen MR) is 87.0 cm³/mol. The molecule has 0 radical (unpaired) electrons. The van der Waals surface area contributed by atoms with E-state index in [4.69, 9.17) is 0 Å². The van der Waals surface area contributed by atoms with Gasteiger partial charge in [0, 0.05) is 9.49 Å². The van der Waals surface area contributed by atoms with E-state index < -0.39 is 0 Å². The summed E-state index contributed by atoms with van der Waals surface area (Å²) in [5.41, 5.74) is 2.97. The Labute approximate surface area is 119 Å². The Morgan fingerprint density at radius 1 is 0.833 bits per heavy atom. The summed E-state index contributed by atoms with van der Waals surface area (Å²) in [6, 6.07) is 0. The summed E-state index contributed by atoms with van der Waals surface area (Å²) in [4.78, 5) is 0. The molecule has 0 aromatic heterocycles. The Morgan fingerprint density at radius 3 is 1.56 bits per heavy atom. The number of allylic oxidation sites excluding steroid dienone is 6. The van der Waals surface area contributed by atoms with Crippen LogP contribution in [0.1, 0.15) is 40.5 Å². The van der Waals surface area contributed by atoms with Crippen molar-refractivity contribution in [2.75, 3.05) is 0 Å². The normalized spacial score (nSPS) is 35.3. The lowest BCUT2D eigenvalue weighted by Gasteiger charge is -2.36. The highest BCUT2D eigenvalue weighted by Crippen LogP contribution is 2.53. The average molecular weight is 278 g/mol. The van der Waals surface area contributed by atoms with E-state index in [1.807, 2.05) is 21.6 Å². The van der Waals surface area contributed by atoms with Crippen LogP contribution < -0.4 is 0 Å². The Bertz CT molecular complexity index is 400. The Balaban J connectivity index is 2.04. The lowest BCUT2D eigenvalue weighted by molar-refractivity contribution is 0.742. The van der Waals surface area contributed by atoms with Crippen LogP contribution in [0, 0.1) is 0 Å². The second-order valence-corrected chi connectivity index (χ2v) is 8.73. The van der Waals surface area contributed by atoms with Crippen LogP contribution in [-0.4, -0.2) is 9.49 Å². The van der Waals surface area contributed by atoms with Crippen LogP contribution in [0.3, 0.4) is 0 Å². The van der Waals surface area contributed by atoms with Crippen molar-refractivity contribution in [3.05, 3.63) is 47.6 Å². The molecule has 0 amide bonds. The summed E-state index contributed by atoms with van der Waals surface area (Å²) in [7, 11) is 4.08. The van der Waals surface area contributed by atoms with E-state index >= 15 is 0 Å². The van der Waals surface area contributed by atoms with Crippen LogP contribution in [-0.2, 0) is 0 Å². The van der Waals surface area contributed by atoms with Gasteiger partial charge in [0.15, 0.2) is 0 Å². The summed E-state index contributed by atoms with van der Waals surface area (Å²) >= 11 is 0. The van der Waals surface area contributed by atoms with Crippen molar-refractivity contribution in [2.24, 2.45) is 0 Å². The van der Waals surface area contributed by atoms with E-state index in [0.717, 1.165) is 12.8 Å². The van der Waals surface area contributed by atoms with E-state index in [9.17, 15) is 0 Å². The first-order chi connectivity index (χ1) is 8.46. The van der Waals surface area contributed by atoms with Gasteiger partial charge in [-0.1, -0.05) is 69.2 Å². The molecule has 0 aromatic carbocycles. The first-order valence-corrected chi connectivity index (χ1v) is 8.66. The maximum Gasteiger partial charge on any atom is 0.0478 e. The molecule has 2 heteroatoms. The molecule has 2 aliphatic rings. The van der Waals surface area contributed by atoms with Gasteiger partial charge in [-0.25, -0.2) is 0 Å². The van der Waals surface area contributed by atoms with Gasteiger partial charge >= 0.3 is 0 Å². The van der Waals surface area contributed by atoms with Crippen molar-refractivity contribution in [1.82, 2.24) is 0 Å². The molecule has 0 heterocycles. The fourth-order valence-corrected chi connectivity index (χ4v) is 5.46. The predicted octanol–water partition coefficient (Wildman–Crippen LogP) is 5.70. The van der Waals surface area contributed by atoms with Gasteiger partial charge in [0.05, 0.1) is 0 Å². The Kier molecular flexibility index (Phi) is 4.18. The standard InChI is InChI=1S/C16H22S2/c1-13-9-5-7-11-15(13,3)17-18-16(4)12-8-6-10-14(16)2/h5-10H,11-12H2,1-4H3. The highest BCUT2D eigenvalue weighted by atomic mass is 33.1. The van der Waals surface area contributed by atoms with Gasteiger partial charge in [0.1, 0.15) is 0 Å². The Hall–Kier alpha value is -0.340. The molecule has 0 spiro atoms. The molecule has 0 saturated heterocycles. The molecule has 98 valence electrons. The van der Waals surface area contributed by atoms with Gasteiger partial charge in [-0.3, -0.25) is 0 Å². The number of rotatable bonds is 3. The SMILES string of the molecule is CC1=CC=CCC1(C)SSC1(C)CC=CC=C1C. The lowest BCUT2D eigenvalue weighted by atomic mass is 9.94. The minimum Gasteiger partial charge on any atom is -0.0828 e. The summed E-state index contributed by atoms with van der Waals surface area (Å²) in [6.45, 7) is 9.23. The van der Waals surface area contributed by atoms with Gasteiger partial charge in [-0.05, 0) is 40.5 Å². The fraction of sp³-hybridized carbons (Fsp3) is 0.500. The minimum atomic E-state index is 0.254. The van der Waals surface area contributed by atoms with Gasteiger partial charge in [0.25, 0.3) is 0 Å². The average Bonchev–Trinajstić information content (AvgIpc) is 2.35. The van der Waals surface area contributed by atoms with Crippen LogP contribution in [0.5, 0.6) is 0 Å². The molecule has 0 saturated carbocycles. The van der Waals surface area contributed by atoms with Gasteiger partial charge in [-0.15, -0.1) is 0 Å². The monoisotopic (exact) mass is 278 g/mol. The lowest BCUT2D eigenvalue weighted by Crippen LogP contribution is -2.26. The quantitative estimate of drug-likeness (QED) is 0.607. The first-order valence-electron chi connectivity index (χ1n) is 6.51. The smallest absolute Gasteiger partial charge is 0.0478 e. The number of hydrogen-bond donors (Lipinski definition) is 0. The second-order valence-electron chi connectivity index (χ2n) is 5.59. The molecule has 18 heavy (non-hydrogen) atoms. The molecular weight excluding hydrogens is 256 g/mol. The van der Waals surface area contributed by atoms with Crippen molar-refractivity contribution in [3.8, 4) is 0 Å². The van der Waals surface area contributed by atoms with Crippen LogP contribution in [0.4, 0.5) is 0 Å². The molecular formula is C16H22S2. The zero-order valence-electron chi connectivity index (χ0n) is 11.7. The van der Waals surface area contributed by atoms with Crippen molar-refractivity contribution in [3.63, 3.8) is 0 Å².